The van der Waals surface area contributed by atoms with Gasteiger partial charge in [-0.05, 0) is 159 Å². The van der Waals surface area contributed by atoms with Gasteiger partial charge < -0.3 is 8.98 Å². The SMILES string of the molecule is c1cc(C2CCC3C(C2)C2CCCC4C5CCCCC5C5CCCC3C5C42)c2oc3ccc(-n4c5ccccc5c5ccccc54)cc3c2c1. The Morgan fingerprint density at radius 1 is 0.460 bits per heavy atom. The summed E-state index contributed by atoms with van der Waals surface area (Å²) in [4.78, 5) is 0. The molecular weight excluding hydrogens is 607 g/mol. The highest BCUT2D eigenvalue weighted by Gasteiger charge is 2.62. The van der Waals surface area contributed by atoms with Gasteiger partial charge >= 0.3 is 0 Å². The highest BCUT2D eigenvalue weighted by molar-refractivity contribution is 6.10. The van der Waals surface area contributed by atoms with Gasteiger partial charge in [0.25, 0.3) is 0 Å². The van der Waals surface area contributed by atoms with E-state index in [0.717, 1.165) is 64.8 Å². The largest absolute Gasteiger partial charge is 0.456 e. The molecule has 4 aromatic carbocycles. The van der Waals surface area contributed by atoms with E-state index in [1.54, 1.807) is 32.1 Å². The maximum atomic E-state index is 6.90. The predicted octanol–water partition coefficient (Wildman–Crippen LogP) is 13.1. The fourth-order valence-electron chi connectivity index (χ4n) is 15.0. The number of furan rings is 1. The molecule has 6 fully saturated rings. The number of nitrogens with zero attached hydrogens (tertiary/aromatic N) is 1. The lowest BCUT2D eigenvalue weighted by Crippen LogP contribution is -2.61. The number of rotatable bonds is 2. The number of hydrogen-bond donors (Lipinski definition) is 0. The quantitative estimate of drug-likeness (QED) is 0.181. The van der Waals surface area contributed by atoms with Crippen molar-refractivity contribution in [1.82, 2.24) is 4.57 Å². The number of fused-ring (bicyclic) bond motifs is 12. The van der Waals surface area contributed by atoms with Gasteiger partial charge in [0.15, 0.2) is 0 Å². The first-order valence-electron chi connectivity index (χ1n) is 20.8. The van der Waals surface area contributed by atoms with E-state index in [4.69, 9.17) is 4.42 Å². The summed E-state index contributed by atoms with van der Waals surface area (Å²) in [5.74, 6) is 11.0. The Balaban J connectivity index is 0.924. The summed E-state index contributed by atoms with van der Waals surface area (Å²) in [7, 11) is 0. The molecule has 0 N–H and O–H groups in total. The molecule has 12 rings (SSSR count). The summed E-state index contributed by atoms with van der Waals surface area (Å²) in [6.07, 6.45) is 19.7. The summed E-state index contributed by atoms with van der Waals surface area (Å²) in [6, 6.07) is 31.7. The molecule has 11 unspecified atom stereocenters. The summed E-state index contributed by atoms with van der Waals surface area (Å²) in [5.41, 5.74) is 7.44. The molecule has 6 aromatic rings. The lowest BCUT2D eigenvalue weighted by molar-refractivity contribution is -0.188. The van der Waals surface area contributed by atoms with Gasteiger partial charge in [0.1, 0.15) is 11.2 Å². The monoisotopic (exact) mass is 657 g/mol. The second-order valence-corrected chi connectivity index (χ2v) is 18.0. The molecule has 6 aliphatic carbocycles. The summed E-state index contributed by atoms with van der Waals surface area (Å²) in [6.45, 7) is 0. The molecule has 6 saturated carbocycles. The minimum atomic E-state index is 0.625. The molecule has 0 saturated heterocycles. The van der Waals surface area contributed by atoms with Crippen LogP contribution in [0, 0.1) is 59.2 Å². The molecule has 6 aliphatic rings. The molecule has 0 spiro atoms. The highest BCUT2D eigenvalue weighted by atomic mass is 16.3. The van der Waals surface area contributed by atoms with Crippen LogP contribution in [-0.4, -0.2) is 4.57 Å². The highest BCUT2D eigenvalue weighted by Crippen LogP contribution is 2.69. The van der Waals surface area contributed by atoms with Crippen molar-refractivity contribution in [2.24, 2.45) is 59.2 Å². The Labute approximate surface area is 296 Å². The number of benzene rings is 4. The second-order valence-electron chi connectivity index (χ2n) is 18.0. The number of hydrogen-bond acceptors (Lipinski definition) is 1. The Morgan fingerprint density at radius 3 is 1.72 bits per heavy atom. The molecular formula is C48H51NO. The molecule has 11 atom stereocenters. The molecule has 2 aromatic heterocycles. The van der Waals surface area contributed by atoms with E-state index in [1.807, 2.05) is 0 Å². The van der Waals surface area contributed by atoms with Crippen molar-refractivity contribution in [3.8, 4) is 5.69 Å². The molecule has 0 amide bonds. The predicted molar refractivity (Wildman–Crippen MR) is 206 cm³/mol. The average Bonchev–Trinajstić information content (AvgIpc) is 3.73. The van der Waals surface area contributed by atoms with Crippen LogP contribution in [0.15, 0.2) is 89.3 Å². The Bertz CT molecular complexity index is 2220. The van der Waals surface area contributed by atoms with Gasteiger partial charge in [0.2, 0.25) is 0 Å². The average molecular weight is 658 g/mol. The van der Waals surface area contributed by atoms with E-state index in [1.165, 1.54) is 101 Å². The first-order valence-corrected chi connectivity index (χ1v) is 20.8. The van der Waals surface area contributed by atoms with E-state index >= 15 is 0 Å². The first-order chi connectivity index (χ1) is 24.8. The van der Waals surface area contributed by atoms with Gasteiger partial charge in [0.05, 0.1) is 11.0 Å². The van der Waals surface area contributed by atoms with Gasteiger partial charge in [-0.2, -0.15) is 0 Å². The van der Waals surface area contributed by atoms with Gasteiger partial charge in [-0.25, -0.2) is 0 Å². The van der Waals surface area contributed by atoms with Crippen LogP contribution >= 0.6 is 0 Å². The van der Waals surface area contributed by atoms with Crippen LogP contribution in [-0.2, 0) is 0 Å². The van der Waals surface area contributed by atoms with Crippen LogP contribution in [0.5, 0.6) is 0 Å². The van der Waals surface area contributed by atoms with Crippen LogP contribution in [0.25, 0.3) is 49.4 Å². The maximum Gasteiger partial charge on any atom is 0.138 e. The minimum Gasteiger partial charge on any atom is -0.456 e. The van der Waals surface area contributed by atoms with Crippen molar-refractivity contribution in [2.75, 3.05) is 0 Å². The Kier molecular flexibility index (Phi) is 6.40. The van der Waals surface area contributed by atoms with E-state index in [9.17, 15) is 0 Å². The fourth-order valence-corrected chi connectivity index (χ4v) is 15.0. The van der Waals surface area contributed by atoms with Crippen molar-refractivity contribution in [2.45, 2.75) is 89.4 Å². The molecule has 2 nitrogen and oxygen atoms in total. The molecule has 50 heavy (non-hydrogen) atoms. The molecule has 0 bridgehead atoms. The molecule has 2 heteroatoms. The van der Waals surface area contributed by atoms with E-state index < -0.39 is 0 Å². The van der Waals surface area contributed by atoms with Crippen molar-refractivity contribution in [3.05, 3.63) is 90.5 Å². The maximum absolute atomic E-state index is 6.90. The molecule has 254 valence electrons. The van der Waals surface area contributed by atoms with Crippen molar-refractivity contribution < 1.29 is 4.42 Å². The summed E-state index contributed by atoms with van der Waals surface area (Å²) < 4.78 is 9.35. The van der Waals surface area contributed by atoms with Crippen molar-refractivity contribution in [3.63, 3.8) is 0 Å². The molecule has 0 radical (unpaired) electrons. The van der Waals surface area contributed by atoms with Crippen LogP contribution in [0.4, 0.5) is 0 Å². The smallest absolute Gasteiger partial charge is 0.138 e. The first kappa shape index (κ1) is 29.1. The molecule has 0 aliphatic heterocycles. The zero-order valence-corrected chi connectivity index (χ0v) is 29.5. The second kappa shape index (κ2) is 11.0. The number of aromatic nitrogens is 1. The third-order valence-electron chi connectivity index (χ3n) is 16.4. The van der Waals surface area contributed by atoms with E-state index in [2.05, 4.69) is 89.5 Å². The third kappa shape index (κ3) is 3.97. The zero-order chi connectivity index (χ0) is 32.5. The van der Waals surface area contributed by atoms with Gasteiger partial charge in [-0.3, -0.25) is 0 Å². The van der Waals surface area contributed by atoms with Gasteiger partial charge in [0, 0.05) is 27.2 Å². The number of para-hydroxylation sites is 3. The van der Waals surface area contributed by atoms with Crippen molar-refractivity contribution in [1.29, 1.82) is 0 Å². The summed E-state index contributed by atoms with van der Waals surface area (Å²) in [5, 5.41) is 5.18. The third-order valence-corrected chi connectivity index (χ3v) is 16.4. The zero-order valence-electron chi connectivity index (χ0n) is 29.5. The van der Waals surface area contributed by atoms with E-state index in [0.29, 0.717) is 5.92 Å². The lowest BCUT2D eigenvalue weighted by Gasteiger charge is -2.67. The molecule has 2 heterocycles. The van der Waals surface area contributed by atoms with Crippen LogP contribution in [0.3, 0.4) is 0 Å². The van der Waals surface area contributed by atoms with Gasteiger partial charge in [-0.1, -0.05) is 80.3 Å². The lowest BCUT2D eigenvalue weighted by atomic mass is 9.37. The Morgan fingerprint density at radius 2 is 1.04 bits per heavy atom. The standard InChI is InChI=1S/C48H51NO/c1-2-11-32-31(10-1)36-15-8-17-38-33-24-22-28(26-41(33)39-18-9-16-37(32)47(39)46(36)38)30-14-7-19-40-42-27-29(23-25-45(42)50-48(30)40)49-43-20-5-3-12-34(43)35-13-4-6-21-44(35)49/h3-7,12-14,19-21,23,25,27-28,31-33,36-39,41,46-47H,1-2,8-11,15-18,22,24,26H2. The van der Waals surface area contributed by atoms with E-state index in [-0.39, 0.29) is 0 Å². The topological polar surface area (TPSA) is 18.1 Å². The van der Waals surface area contributed by atoms with Gasteiger partial charge in [-0.15, -0.1) is 0 Å². The Hall–Kier alpha value is -3.52. The normalized spacial score (nSPS) is 36.4. The summed E-state index contributed by atoms with van der Waals surface area (Å²) >= 11 is 0. The van der Waals surface area contributed by atoms with Crippen molar-refractivity contribution >= 4 is 43.7 Å². The van der Waals surface area contributed by atoms with Crippen LogP contribution in [0.2, 0.25) is 0 Å². The minimum absolute atomic E-state index is 0.625. The van der Waals surface area contributed by atoms with Crippen LogP contribution in [0.1, 0.15) is 95.0 Å². The fraction of sp³-hybridized carbons (Fsp3) is 0.500. The van der Waals surface area contributed by atoms with Crippen LogP contribution < -0.4 is 0 Å².